The number of aliphatic hydroxyl groups is 2. The molecule has 6 nitrogen and oxygen atoms in total. The summed E-state index contributed by atoms with van der Waals surface area (Å²) in [7, 11) is 0. The minimum atomic E-state index is -0.128. The fourth-order valence-electron chi connectivity index (χ4n) is 2.54. The normalized spacial score (nSPS) is 11.3. The Morgan fingerprint density at radius 1 is 1.19 bits per heavy atom. The quantitative estimate of drug-likeness (QED) is 0.636. The number of benzene rings is 1. The largest absolute Gasteiger partial charge is 0.396 e. The lowest BCUT2D eigenvalue weighted by Crippen LogP contribution is -2.08. The van der Waals surface area contributed by atoms with Crippen LogP contribution in [0.4, 0.5) is 0 Å². The second kappa shape index (κ2) is 6.07. The summed E-state index contributed by atoms with van der Waals surface area (Å²) in [6, 6.07) is 8.11. The van der Waals surface area contributed by atoms with Crippen LogP contribution in [0.15, 0.2) is 30.5 Å². The zero-order valence-electron chi connectivity index (χ0n) is 11.7. The van der Waals surface area contributed by atoms with Gasteiger partial charge in [-0.2, -0.15) is 0 Å². The van der Waals surface area contributed by atoms with Crippen molar-refractivity contribution in [2.45, 2.75) is 26.0 Å². The molecule has 21 heavy (non-hydrogen) atoms. The summed E-state index contributed by atoms with van der Waals surface area (Å²) in [5.41, 5.74) is 3.73. The number of aryl methyl sites for hydroxylation is 1. The minimum Gasteiger partial charge on any atom is -0.396 e. The number of hydrogen-bond acceptors (Lipinski definition) is 4. The monoisotopic (exact) mass is 286 g/mol. The number of nitrogens with zero attached hydrogens (tertiary/aromatic N) is 3. The van der Waals surface area contributed by atoms with Gasteiger partial charge >= 0.3 is 0 Å². The molecule has 0 spiro atoms. The van der Waals surface area contributed by atoms with E-state index in [1.807, 2.05) is 24.4 Å². The molecular formula is C15H18N4O2. The zero-order chi connectivity index (χ0) is 14.7. The number of hydrogen-bond donors (Lipinski definition) is 3. The van der Waals surface area contributed by atoms with Crippen LogP contribution in [0.5, 0.6) is 0 Å². The van der Waals surface area contributed by atoms with Gasteiger partial charge in [0.25, 0.3) is 0 Å². The minimum absolute atomic E-state index is 0.112. The fourth-order valence-corrected chi connectivity index (χ4v) is 2.54. The van der Waals surface area contributed by atoms with Crippen molar-refractivity contribution in [2.24, 2.45) is 0 Å². The summed E-state index contributed by atoms with van der Waals surface area (Å²) in [4.78, 5) is 3.25. The molecule has 3 aromatic rings. The van der Waals surface area contributed by atoms with Gasteiger partial charge in [0.2, 0.25) is 0 Å². The maximum absolute atomic E-state index is 9.43. The molecule has 1 aromatic carbocycles. The first-order chi connectivity index (χ1) is 10.3. The van der Waals surface area contributed by atoms with Crippen LogP contribution < -0.4 is 0 Å². The van der Waals surface area contributed by atoms with Crippen molar-refractivity contribution >= 4 is 10.9 Å². The van der Waals surface area contributed by atoms with Gasteiger partial charge in [-0.15, -0.1) is 5.10 Å². The number of aromatic nitrogens is 4. The van der Waals surface area contributed by atoms with Crippen molar-refractivity contribution in [3.05, 3.63) is 47.4 Å². The third kappa shape index (κ3) is 2.68. The van der Waals surface area contributed by atoms with E-state index >= 15 is 0 Å². The lowest BCUT2D eigenvalue weighted by Gasteiger charge is -2.06. The topological polar surface area (TPSA) is 87.0 Å². The molecule has 0 aliphatic heterocycles. The van der Waals surface area contributed by atoms with E-state index in [2.05, 4.69) is 21.4 Å². The zero-order valence-corrected chi connectivity index (χ0v) is 11.7. The molecule has 0 fully saturated rings. The highest BCUT2D eigenvalue weighted by atomic mass is 16.3. The second-order valence-corrected chi connectivity index (χ2v) is 4.98. The molecule has 6 heteroatoms. The van der Waals surface area contributed by atoms with E-state index in [1.165, 1.54) is 0 Å². The molecule has 0 saturated carbocycles. The van der Waals surface area contributed by atoms with Crippen LogP contribution in [-0.4, -0.2) is 36.8 Å². The van der Waals surface area contributed by atoms with Gasteiger partial charge in [0.05, 0.1) is 12.3 Å². The Morgan fingerprint density at radius 2 is 2.05 bits per heavy atom. The Labute approximate surface area is 122 Å². The van der Waals surface area contributed by atoms with Crippen molar-refractivity contribution in [1.29, 1.82) is 0 Å². The van der Waals surface area contributed by atoms with Crippen molar-refractivity contribution < 1.29 is 10.2 Å². The molecule has 0 saturated heterocycles. The van der Waals surface area contributed by atoms with E-state index in [0.29, 0.717) is 25.1 Å². The lowest BCUT2D eigenvalue weighted by atomic mass is 10.1. The maximum atomic E-state index is 9.43. The average molecular weight is 286 g/mol. The number of aliphatic hydroxyl groups excluding tert-OH is 2. The van der Waals surface area contributed by atoms with Gasteiger partial charge < -0.3 is 15.2 Å². The average Bonchev–Trinajstić information content (AvgIpc) is 3.10. The van der Waals surface area contributed by atoms with E-state index < -0.39 is 0 Å². The van der Waals surface area contributed by atoms with Crippen molar-refractivity contribution in [2.75, 3.05) is 6.61 Å². The highest BCUT2D eigenvalue weighted by Gasteiger charge is 2.14. The Kier molecular flexibility index (Phi) is 3.98. The number of H-pyrrole nitrogens is 1. The molecule has 0 amide bonds. The van der Waals surface area contributed by atoms with Crippen molar-refractivity contribution in [3.8, 4) is 0 Å². The second-order valence-electron chi connectivity index (χ2n) is 4.98. The van der Waals surface area contributed by atoms with Crippen molar-refractivity contribution in [3.63, 3.8) is 0 Å². The van der Waals surface area contributed by atoms with E-state index in [4.69, 9.17) is 5.11 Å². The van der Waals surface area contributed by atoms with Gasteiger partial charge in [-0.25, -0.2) is 4.68 Å². The van der Waals surface area contributed by atoms with Crippen molar-refractivity contribution in [1.82, 2.24) is 20.0 Å². The molecule has 0 atom stereocenters. The van der Waals surface area contributed by atoms with Crippen LogP contribution in [0.25, 0.3) is 10.9 Å². The molecule has 2 aromatic heterocycles. The number of fused-ring (bicyclic) bond motifs is 1. The molecule has 3 N–H and O–H groups in total. The van der Waals surface area contributed by atoms with Crippen LogP contribution in [0, 0.1) is 0 Å². The molecule has 110 valence electrons. The molecule has 3 rings (SSSR count). The Hall–Kier alpha value is -2.18. The van der Waals surface area contributed by atoms with Gasteiger partial charge in [-0.1, -0.05) is 23.4 Å². The molecule has 0 radical (unpaired) electrons. The third-order valence-electron chi connectivity index (χ3n) is 3.63. The number of rotatable bonds is 6. The summed E-state index contributed by atoms with van der Waals surface area (Å²) >= 11 is 0. The van der Waals surface area contributed by atoms with E-state index in [1.54, 1.807) is 4.68 Å². The maximum Gasteiger partial charge on any atom is 0.112 e. The van der Waals surface area contributed by atoms with E-state index in [-0.39, 0.29) is 13.2 Å². The molecular weight excluding hydrogens is 268 g/mol. The Balaban J connectivity index is 1.94. The van der Waals surface area contributed by atoms with Crippen LogP contribution >= 0.6 is 0 Å². The first-order valence-corrected chi connectivity index (χ1v) is 7.01. The van der Waals surface area contributed by atoms with Crippen LogP contribution in [0.3, 0.4) is 0 Å². The first-order valence-electron chi connectivity index (χ1n) is 7.01. The Bertz CT molecular complexity index is 732. The summed E-state index contributed by atoms with van der Waals surface area (Å²) < 4.78 is 1.77. The molecule has 0 unspecified atom stereocenters. The summed E-state index contributed by atoms with van der Waals surface area (Å²) in [5.74, 6) is 0. The summed E-state index contributed by atoms with van der Waals surface area (Å²) in [6.07, 6.45) is 3.25. The number of nitrogens with one attached hydrogen (secondary N) is 1. The van der Waals surface area contributed by atoms with Gasteiger partial charge in [0.1, 0.15) is 5.69 Å². The first kappa shape index (κ1) is 13.8. The highest BCUT2D eigenvalue weighted by Crippen LogP contribution is 2.22. The SMILES string of the molecule is OCCCn1nnc(CO)c1Cc1c[nH]c2ccccc12. The highest BCUT2D eigenvalue weighted by molar-refractivity contribution is 5.83. The van der Waals surface area contributed by atoms with Crippen LogP contribution in [0.2, 0.25) is 0 Å². The Morgan fingerprint density at radius 3 is 2.86 bits per heavy atom. The molecule has 0 bridgehead atoms. The van der Waals surface area contributed by atoms with Crippen LogP contribution in [-0.2, 0) is 19.6 Å². The predicted molar refractivity (Wildman–Crippen MR) is 78.8 cm³/mol. The summed E-state index contributed by atoms with van der Waals surface area (Å²) in [5, 5.41) is 27.6. The van der Waals surface area contributed by atoms with Gasteiger partial charge in [0.15, 0.2) is 0 Å². The number of para-hydroxylation sites is 1. The number of aromatic amines is 1. The van der Waals surface area contributed by atoms with E-state index in [9.17, 15) is 5.11 Å². The van der Waals surface area contributed by atoms with Gasteiger partial charge in [-0.3, -0.25) is 0 Å². The fraction of sp³-hybridized carbons (Fsp3) is 0.333. The summed E-state index contributed by atoms with van der Waals surface area (Å²) in [6.45, 7) is 0.582. The van der Waals surface area contributed by atoms with Gasteiger partial charge in [-0.05, 0) is 18.1 Å². The molecule has 2 heterocycles. The van der Waals surface area contributed by atoms with Crippen LogP contribution in [0.1, 0.15) is 23.4 Å². The van der Waals surface area contributed by atoms with Gasteiger partial charge in [0, 0.05) is 36.7 Å². The predicted octanol–water partition coefficient (Wildman–Crippen LogP) is 1.22. The molecule has 0 aliphatic carbocycles. The standard InChI is InChI=1S/C15H18N4O2/c20-7-3-6-19-15(14(10-21)17-18-19)8-11-9-16-13-5-2-1-4-12(11)13/h1-2,4-5,9,16,20-21H,3,6-8,10H2. The van der Waals surface area contributed by atoms with E-state index in [0.717, 1.165) is 22.2 Å². The molecule has 0 aliphatic rings. The lowest BCUT2D eigenvalue weighted by molar-refractivity contribution is 0.274. The third-order valence-corrected chi connectivity index (χ3v) is 3.63. The smallest absolute Gasteiger partial charge is 0.112 e.